The maximum absolute atomic E-state index is 3.53. The predicted octanol–water partition coefficient (Wildman–Crippen LogP) is 3.80. The van der Waals surface area contributed by atoms with Crippen LogP contribution < -0.4 is 5.32 Å². The van der Waals surface area contributed by atoms with E-state index in [1.807, 2.05) is 0 Å². The number of fused-ring (bicyclic) bond motifs is 1. The van der Waals surface area contributed by atoms with Crippen LogP contribution in [0.4, 0.5) is 0 Å². The molecule has 102 valence electrons. The van der Waals surface area contributed by atoms with Gasteiger partial charge in [-0.1, -0.05) is 31.0 Å². The lowest BCUT2D eigenvalue weighted by Gasteiger charge is -2.31. The molecule has 0 amide bonds. The first-order valence-electron chi connectivity index (χ1n) is 7.53. The predicted molar refractivity (Wildman–Crippen MR) is 81.5 cm³/mol. The molecule has 1 aliphatic rings. The number of rotatable bonds is 3. The Morgan fingerprint density at radius 3 is 2.84 bits per heavy atom. The normalized spacial score (nSPS) is 23.9. The number of para-hydroxylation sites is 1. The summed E-state index contributed by atoms with van der Waals surface area (Å²) in [6, 6.07) is 9.39. The summed E-state index contributed by atoms with van der Waals surface area (Å²) in [4.78, 5) is 3.53. The second kappa shape index (κ2) is 5.38. The van der Waals surface area contributed by atoms with E-state index in [0.717, 1.165) is 5.92 Å². The summed E-state index contributed by atoms with van der Waals surface area (Å²) in [5, 5.41) is 4.94. The molecule has 0 aliphatic heterocycles. The highest BCUT2D eigenvalue weighted by molar-refractivity contribution is 5.84. The summed E-state index contributed by atoms with van der Waals surface area (Å²) in [6.07, 6.45) is 6.69. The minimum absolute atomic E-state index is 0.696. The second-order valence-corrected chi connectivity index (χ2v) is 5.92. The van der Waals surface area contributed by atoms with E-state index in [4.69, 9.17) is 0 Å². The zero-order valence-corrected chi connectivity index (χ0v) is 12.0. The Hall–Kier alpha value is -1.28. The van der Waals surface area contributed by atoms with Crippen molar-refractivity contribution in [3.05, 3.63) is 35.5 Å². The topological polar surface area (TPSA) is 27.8 Å². The van der Waals surface area contributed by atoms with Gasteiger partial charge in [0.05, 0.1) is 0 Å². The van der Waals surface area contributed by atoms with E-state index in [-0.39, 0.29) is 0 Å². The van der Waals surface area contributed by atoms with E-state index in [2.05, 4.69) is 48.5 Å². The van der Waals surface area contributed by atoms with Gasteiger partial charge in [-0.25, -0.2) is 0 Å². The molecular formula is C17H24N2. The van der Waals surface area contributed by atoms with Gasteiger partial charge in [-0.2, -0.15) is 0 Å². The van der Waals surface area contributed by atoms with Gasteiger partial charge in [0, 0.05) is 22.6 Å². The fraction of sp³-hybridized carbons (Fsp3) is 0.529. The molecule has 1 saturated carbocycles. The smallest absolute Gasteiger partial charge is 0.0458 e. The fourth-order valence-electron chi connectivity index (χ4n) is 3.69. The lowest BCUT2D eigenvalue weighted by molar-refractivity contribution is 0.273. The number of aromatic nitrogens is 1. The average Bonchev–Trinajstić information content (AvgIpc) is 2.76. The number of benzene rings is 1. The number of hydrogen-bond acceptors (Lipinski definition) is 1. The lowest BCUT2D eigenvalue weighted by Crippen LogP contribution is -2.37. The Morgan fingerprint density at radius 1 is 1.21 bits per heavy atom. The Kier molecular flexibility index (Phi) is 3.61. The number of nitrogens with one attached hydrogen (secondary N) is 2. The molecule has 1 aromatic carbocycles. The van der Waals surface area contributed by atoms with Crippen LogP contribution in [0.25, 0.3) is 10.9 Å². The lowest BCUT2D eigenvalue weighted by atomic mass is 9.80. The molecule has 1 aromatic heterocycles. The van der Waals surface area contributed by atoms with Gasteiger partial charge >= 0.3 is 0 Å². The first-order chi connectivity index (χ1) is 9.29. The largest absolute Gasteiger partial charge is 0.358 e. The van der Waals surface area contributed by atoms with Crippen molar-refractivity contribution in [1.82, 2.24) is 10.3 Å². The Bertz CT molecular complexity index is 555. The minimum Gasteiger partial charge on any atom is -0.358 e. The van der Waals surface area contributed by atoms with Crippen molar-refractivity contribution in [3.8, 4) is 0 Å². The Balaban J connectivity index is 1.90. The Morgan fingerprint density at radius 2 is 2.00 bits per heavy atom. The highest BCUT2D eigenvalue weighted by Gasteiger charge is 2.25. The number of H-pyrrole nitrogens is 1. The maximum Gasteiger partial charge on any atom is 0.0458 e. The molecule has 19 heavy (non-hydrogen) atoms. The summed E-state index contributed by atoms with van der Waals surface area (Å²) < 4.78 is 0. The summed E-state index contributed by atoms with van der Waals surface area (Å²) in [5.74, 6) is 0.789. The van der Waals surface area contributed by atoms with Gasteiger partial charge in [0.1, 0.15) is 0 Å². The fourth-order valence-corrected chi connectivity index (χ4v) is 3.69. The van der Waals surface area contributed by atoms with Crippen molar-refractivity contribution < 1.29 is 0 Å². The molecule has 0 radical (unpaired) electrons. The van der Waals surface area contributed by atoms with Crippen LogP contribution in [0.1, 0.15) is 36.9 Å². The average molecular weight is 256 g/mol. The zero-order chi connectivity index (χ0) is 13.2. The van der Waals surface area contributed by atoms with Crippen LogP contribution in [0.15, 0.2) is 24.3 Å². The molecule has 2 nitrogen and oxygen atoms in total. The van der Waals surface area contributed by atoms with Crippen molar-refractivity contribution in [2.75, 3.05) is 7.05 Å². The van der Waals surface area contributed by atoms with E-state index < -0.39 is 0 Å². The minimum atomic E-state index is 0.696. The van der Waals surface area contributed by atoms with Crippen molar-refractivity contribution >= 4 is 10.9 Å². The molecule has 2 N–H and O–H groups in total. The molecule has 2 heteroatoms. The molecule has 2 unspecified atom stereocenters. The van der Waals surface area contributed by atoms with Crippen LogP contribution in [-0.4, -0.2) is 18.1 Å². The SMILES string of the molecule is CNC1CCCCC1Cc1c(C)[nH]c2ccccc12. The van der Waals surface area contributed by atoms with Gasteiger partial charge in [0.2, 0.25) is 0 Å². The monoisotopic (exact) mass is 256 g/mol. The van der Waals surface area contributed by atoms with Crippen molar-refractivity contribution in [2.24, 2.45) is 5.92 Å². The van der Waals surface area contributed by atoms with Crippen molar-refractivity contribution in [3.63, 3.8) is 0 Å². The standard InChI is InChI=1S/C17H24N2/c1-12-15(14-8-4-6-10-17(14)19-12)11-13-7-3-5-9-16(13)18-2/h4,6,8,10,13,16,18-19H,3,5,7,9,11H2,1-2H3. The second-order valence-electron chi connectivity index (χ2n) is 5.92. The summed E-state index contributed by atoms with van der Waals surface area (Å²) >= 11 is 0. The molecule has 3 rings (SSSR count). The summed E-state index contributed by atoms with van der Waals surface area (Å²) in [6.45, 7) is 2.21. The van der Waals surface area contributed by atoms with Gasteiger partial charge in [0.15, 0.2) is 0 Å². The van der Waals surface area contributed by atoms with Crippen molar-refractivity contribution in [2.45, 2.75) is 45.1 Å². The number of aromatic amines is 1. The number of hydrogen-bond donors (Lipinski definition) is 2. The van der Waals surface area contributed by atoms with Gasteiger partial charge in [0.25, 0.3) is 0 Å². The molecule has 1 aliphatic carbocycles. The van der Waals surface area contributed by atoms with Gasteiger partial charge < -0.3 is 10.3 Å². The van der Waals surface area contributed by atoms with Crippen LogP contribution >= 0.6 is 0 Å². The molecule has 2 aromatic rings. The third-order valence-corrected chi connectivity index (χ3v) is 4.77. The first kappa shape index (κ1) is 12.7. The van der Waals surface area contributed by atoms with Crippen LogP contribution in [0.5, 0.6) is 0 Å². The molecule has 1 heterocycles. The summed E-state index contributed by atoms with van der Waals surface area (Å²) in [7, 11) is 2.12. The van der Waals surface area contributed by atoms with E-state index in [9.17, 15) is 0 Å². The van der Waals surface area contributed by atoms with E-state index >= 15 is 0 Å². The van der Waals surface area contributed by atoms with Gasteiger partial charge in [-0.05, 0) is 50.8 Å². The highest BCUT2D eigenvalue weighted by Crippen LogP contribution is 2.31. The highest BCUT2D eigenvalue weighted by atomic mass is 14.9. The molecule has 0 saturated heterocycles. The third kappa shape index (κ3) is 2.42. The number of aryl methyl sites for hydroxylation is 1. The maximum atomic E-state index is 3.53. The van der Waals surface area contributed by atoms with E-state index in [1.165, 1.54) is 54.3 Å². The molecule has 1 fully saturated rings. The molecule has 0 spiro atoms. The van der Waals surface area contributed by atoms with E-state index in [0.29, 0.717) is 6.04 Å². The van der Waals surface area contributed by atoms with Crippen LogP contribution in [-0.2, 0) is 6.42 Å². The van der Waals surface area contributed by atoms with Gasteiger partial charge in [-0.3, -0.25) is 0 Å². The summed E-state index contributed by atoms with van der Waals surface area (Å²) in [5.41, 5.74) is 4.16. The zero-order valence-electron chi connectivity index (χ0n) is 12.0. The Labute approximate surface area is 115 Å². The molecule has 0 bridgehead atoms. The van der Waals surface area contributed by atoms with Crippen LogP contribution in [0.3, 0.4) is 0 Å². The quantitative estimate of drug-likeness (QED) is 0.859. The third-order valence-electron chi connectivity index (χ3n) is 4.77. The first-order valence-corrected chi connectivity index (χ1v) is 7.53. The van der Waals surface area contributed by atoms with E-state index in [1.54, 1.807) is 0 Å². The molecular weight excluding hydrogens is 232 g/mol. The van der Waals surface area contributed by atoms with Crippen molar-refractivity contribution in [1.29, 1.82) is 0 Å². The van der Waals surface area contributed by atoms with Crippen LogP contribution in [0.2, 0.25) is 0 Å². The van der Waals surface area contributed by atoms with Crippen LogP contribution in [0, 0.1) is 12.8 Å². The molecule has 2 atom stereocenters. The van der Waals surface area contributed by atoms with Gasteiger partial charge in [-0.15, -0.1) is 0 Å².